The summed E-state index contributed by atoms with van der Waals surface area (Å²) in [4.78, 5) is 73.9. The van der Waals surface area contributed by atoms with Gasteiger partial charge in [0.2, 0.25) is 5.78 Å². The molecule has 0 aliphatic heterocycles. The molecule has 0 heterocycles. The highest BCUT2D eigenvalue weighted by molar-refractivity contribution is 6.39. The molecule has 7 rings (SSSR count). The van der Waals surface area contributed by atoms with E-state index >= 15 is 4.79 Å². The number of aliphatic hydroxyl groups is 1. The van der Waals surface area contributed by atoms with Gasteiger partial charge in [0, 0.05) is 36.2 Å². The summed E-state index contributed by atoms with van der Waals surface area (Å²) in [6, 6.07) is 27.9. The zero-order valence-corrected chi connectivity index (χ0v) is 38.3. The van der Waals surface area contributed by atoms with Gasteiger partial charge < -0.3 is 5.11 Å². The number of Topliss-reactive ketones (excluding diaryl/α,β-unsaturated/α-hetero) is 5. The summed E-state index contributed by atoms with van der Waals surface area (Å²) < 4.78 is 0. The van der Waals surface area contributed by atoms with Crippen molar-refractivity contribution in [1.29, 1.82) is 0 Å². The van der Waals surface area contributed by atoms with Gasteiger partial charge in [0.15, 0.2) is 11.6 Å². The average molecular weight is 837 g/mol. The van der Waals surface area contributed by atoms with Crippen LogP contribution in [0.3, 0.4) is 0 Å². The molecule has 0 aromatic heterocycles. The standard InChI is InChI=1S/C56H68O6/c1-34(2)32-56-26-25-43(56)27-35(3)54(8)52(62)45(28-36(4)57)50-37(5)42(33-53(7,38(50)6)49(55(54,56)9)31-47(59)41-23-17-12-18-24-41)29-48(60)51(61)44(39-19-13-10-14-20-39)30-46(58)40-21-15-11-16-22-40/h10-24,35,38,42-46,49,58H,1,25-33H2,2-9H3/t35-,38-,42?,43+,44?,45+,46?,49?,53+,54-,55?,56-/m0/s1. The van der Waals surface area contributed by atoms with Crippen LogP contribution in [0.15, 0.2) is 114 Å². The molecular formula is C56H68O6. The molecule has 12 atom stereocenters. The second-order valence-electron chi connectivity index (χ2n) is 20.8. The zero-order valence-electron chi connectivity index (χ0n) is 38.3. The van der Waals surface area contributed by atoms with E-state index in [0.29, 0.717) is 29.0 Å². The number of aliphatic hydroxyl groups excluding tert-OH is 1. The van der Waals surface area contributed by atoms with E-state index in [2.05, 4.69) is 48.1 Å². The summed E-state index contributed by atoms with van der Waals surface area (Å²) in [6.07, 6.45) is 3.54. The second-order valence-corrected chi connectivity index (χ2v) is 20.8. The normalized spacial score (nSPS) is 33.7. The fraction of sp³-hybridized carbons (Fsp3) is 0.518. The van der Waals surface area contributed by atoms with Gasteiger partial charge in [-0.15, -0.1) is 6.58 Å². The Labute approximate surface area is 370 Å². The molecule has 0 radical (unpaired) electrons. The lowest BCUT2D eigenvalue weighted by atomic mass is 9.27. The van der Waals surface area contributed by atoms with Crippen LogP contribution in [0.2, 0.25) is 0 Å². The highest BCUT2D eigenvalue weighted by atomic mass is 16.3. The van der Waals surface area contributed by atoms with Crippen molar-refractivity contribution < 1.29 is 29.1 Å². The quantitative estimate of drug-likeness (QED) is 0.0928. The van der Waals surface area contributed by atoms with E-state index in [0.717, 1.165) is 42.4 Å². The summed E-state index contributed by atoms with van der Waals surface area (Å²) >= 11 is 0. The first-order valence-electron chi connectivity index (χ1n) is 23.1. The van der Waals surface area contributed by atoms with Gasteiger partial charge in [0.05, 0.1) is 12.0 Å². The van der Waals surface area contributed by atoms with E-state index in [1.54, 1.807) is 6.92 Å². The Hall–Kier alpha value is -4.55. The molecule has 0 spiro atoms. The Kier molecular flexibility index (Phi) is 12.6. The molecule has 328 valence electrons. The van der Waals surface area contributed by atoms with Crippen molar-refractivity contribution in [2.75, 3.05) is 0 Å². The van der Waals surface area contributed by atoms with Crippen LogP contribution in [-0.4, -0.2) is 34.0 Å². The van der Waals surface area contributed by atoms with Gasteiger partial charge >= 0.3 is 0 Å². The number of ketones is 5. The number of hydrogen-bond donors (Lipinski definition) is 1. The number of fused-ring (bicyclic) bond motifs is 5. The largest absolute Gasteiger partial charge is 0.388 e. The van der Waals surface area contributed by atoms with Gasteiger partial charge in [-0.1, -0.05) is 142 Å². The van der Waals surface area contributed by atoms with E-state index in [1.807, 2.05) is 97.9 Å². The molecule has 6 heteroatoms. The lowest BCUT2D eigenvalue weighted by Gasteiger charge is -2.76. The monoisotopic (exact) mass is 837 g/mol. The molecule has 4 aliphatic rings. The van der Waals surface area contributed by atoms with E-state index in [9.17, 15) is 24.3 Å². The summed E-state index contributed by atoms with van der Waals surface area (Å²) in [6.45, 7) is 21.4. The average Bonchev–Trinajstić information content (AvgIpc) is 3.25. The third-order valence-corrected chi connectivity index (χ3v) is 17.8. The molecule has 3 fully saturated rings. The first-order valence-corrected chi connectivity index (χ1v) is 23.1. The smallest absolute Gasteiger partial charge is 0.205 e. The van der Waals surface area contributed by atoms with Crippen LogP contribution in [0.4, 0.5) is 0 Å². The van der Waals surface area contributed by atoms with Crippen LogP contribution in [0, 0.1) is 57.2 Å². The first-order chi connectivity index (χ1) is 29.3. The van der Waals surface area contributed by atoms with Gasteiger partial charge in [-0.05, 0) is 116 Å². The number of carbonyl (C=O) groups excluding carboxylic acids is 5. The van der Waals surface area contributed by atoms with Crippen LogP contribution in [0.25, 0.3) is 0 Å². The van der Waals surface area contributed by atoms with Crippen molar-refractivity contribution in [3.8, 4) is 0 Å². The van der Waals surface area contributed by atoms with Crippen molar-refractivity contribution in [3.63, 3.8) is 0 Å². The summed E-state index contributed by atoms with van der Waals surface area (Å²) in [5, 5.41) is 11.4. The molecule has 3 aromatic rings. The second kappa shape index (κ2) is 17.2. The molecule has 5 unspecified atom stereocenters. The molecular weight excluding hydrogens is 769 g/mol. The number of rotatable bonds is 15. The predicted molar refractivity (Wildman–Crippen MR) is 245 cm³/mol. The van der Waals surface area contributed by atoms with Crippen LogP contribution in [-0.2, 0) is 19.2 Å². The Morgan fingerprint density at radius 3 is 1.95 bits per heavy atom. The minimum atomic E-state index is -0.959. The third kappa shape index (κ3) is 7.36. The first kappa shape index (κ1) is 45.5. The van der Waals surface area contributed by atoms with Gasteiger partial charge in [0.1, 0.15) is 11.6 Å². The summed E-state index contributed by atoms with van der Waals surface area (Å²) in [5.74, 6) is -3.07. The molecule has 3 saturated carbocycles. The number of carbonyl (C=O) groups is 5. The molecule has 1 N–H and O–H groups in total. The molecule has 62 heavy (non-hydrogen) atoms. The summed E-state index contributed by atoms with van der Waals surface area (Å²) in [5.41, 5.74) is 2.43. The van der Waals surface area contributed by atoms with Crippen molar-refractivity contribution in [2.45, 2.75) is 125 Å². The van der Waals surface area contributed by atoms with Crippen molar-refractivity contribution >= 4 is 28.9 Å². The van der Waals surface area contributed by atoms with Crippen molar-refractivity contribution in [2.24, 2.45) is 57.2 Å². The SMILES string of the molecule is C=C(C)C[C@@]12CC[C@@H]1C[C@H](C)[C@@]1(C)C(=O)[C@H](CC(C)=O)C3=C(C)C(CC(=O)C(=O)C(CC(O)c4ccccc4)c4ccccc4)C[C@@](C)(C(CC(=O)c4ccccc4)C21C)[C@H]3C. The zero-order chi connectivity index (χ0) is 44.9. The van der Waals surface area contributed by atoms with E-state index in [4.69, 9.17) is 0 Å². The lowest BCUT2D eigenvalue weighted by Crippen LogP contribution is -2.73. The van der Waals surface area contributed by atoms with Crippen LogP contribution in [0.5, 0.6) is 0 Å². The van der Waals surface area contributed by atoms with Crippen molar-refractivity contribution in [3.05, 3.63) is 131 Å². The molecule has 0 amide bonds. The van der Waals surface area contributed by atoms with E-state index in [-0.39, 0.29) is 66.2 Å². The maximum absolute atomic E-state index is 16.2. The lowest BCUT2D eigenvalue weighted by molar-refractivity contribution is -0.264. The van der Waals surface area contributed by atoms with Crippen LogP contribution < -0.4 is 0 Å². The van der Waals surface area contributed by atoms with E-state index in [1.165, 1.54) is 0 Å². The Morgan fingerprint density at radius 1 is 0.823 bits per heavy atom. The summed E-state index contributed by atoms with van der Waals surface area (Å²) in [7, 11) is 0. The van der Waals surface area contributed by atoms with Gasteiger partial charge in [-0.3, -0.25) is 24.0 Å². The fourth-order valence-electron chi connectivity index (χ4n) is 14.3. The van der Waals surface area contributed by atoms with Crippen molar-refractivity contribution in [1.82, 2.24) is 0 Å². The third-order valence-electron chi connectivity index (χ3n) is 17.8. The van der Waals surface area contributed by atoms with Gasteiger partial charge in [-0.2, -0.15) is 0 Å². The molecule has 3 aromatic carbocycles. The van der Waals surface area contributed by atoms with Crippen LogP contribution in [0.1, 0.15) is 147 Å². The Balaban J connectivity index is 1.39. The maximum Gasteiger partial charge on any atom is 0.205 e. The molecule has 4 aliphatic carbocycles. The topological polar surface area (TPSA) is 106 Å². The minimum absolute atomic E-state index is 0.00197. The molecule has 6 nitrogen and oxygen atoms in total. The number of allylic oxidation sites excluding steroid dienone is 3. The number of hydrogen-bond acceptors (Lipinski definition) is 6. The minimum Gasteiger partial charge on any atom is -0.388 e. The van der Waals surface area contributed by atoms with Gasteiger partial charge in [-0.25, -0.2) is 0 Å². The maximum atomic E-state index is 16.2. The van der Waals surface area contributed by atoms with Crippen LogP contribution >= 0.6 is 0 Å². The Bertz CT molecular complexity index is 2260. The van der Waals surface area contributed by atoms with Gasteiger partial charge in [0.25, 0.3) is 0 Å². The molecule has 2 bridgehead atoms. The number of benzene rings is 3. The fourth-order valence-corrected chi connectivity index (χ4v) is 14.3. The van der Waals surface area contributed by atoms with E-state index < -0.39 is 51.7 Å². The highest BCUT2D eigenvalue weighted by Gasteiger charge is 2.76. The molecule has 0 saturated heterocycles. The Morgan fingerprint density at radius 2 is 1.40 bits per heavy atom. The highest BCUT2D eigenvalue weighted by Crippen LogP contribution is 2.80. The predicted octanol–water partition coefficient (Wildman–Crippen LogP) is 11.9.